The molecule has 1 aliphatic rings. The third-order valence-electron chi connectivity index (χ3n) is 2.56. The van der Waals surface area contributed by atoms with Crippen LogP contribution >= 0.6 is 11.6 Å². The summed E-state index contributed by atoms with van der Waals surface area (Å²) in [5, 5.41) is 3.80. The van der Waals surface area contributed by atoms with E-state index < -0.39 is 10.0 Å². The number of anilines is 2. The molecular formula is C11H15ClN2O3S. The molecule has 1 unspecified atom stereocenters. The van der Waals surface area contributed by atoms with Gasteiger partial charge in [0.1, 0.15) is 0 Å². The van der Waals surface area contributed by atoms with Gasteiger partial charge < -0.3 is 10.1 Å². The van der Waals surface area contributed by atoms with Crippen molar-refractivity contribution < 1.29 is 13.2 Å². The molecule has 0 spiro atoms. The van der Waals surface area contributed by atoms with Gasteiger partial charge in [0.15, 0.2) is 0 Å². The quantitative estimate of drug-likeness (QED) is 0.889. The number of hydrogen-bond acceptors (Lipinski definition) is 4. The van der Waals surface area contributed by atoms with Gasteiger partial charge in [0.05, 0.1) is 35.3 Å². The second kappa shape index (κ2) is 5.34. The SMILES string of the molecule is CS(=O)(=O)Nc1ccc(Cl)c(NC2CCOC2)c1. The molecule has 1 aromatic rings. The van der Waals surface area contributed by atoms with Crippen molar-refractivity contribution in [3.05, 3.63) is 23.2 Å². The average Bonchev–Trinajstić information content (AvgIpc) is 2.73. The Morgan fingerprint density at radius 1 is 1.44 bits per heavy atom. The summed E-state index contributed by atoms with van der Waals surface area (Å²) >= 11 is 6.07. The van der Waals surface area contributed by atoms with Crippen molar-refractivity contribution in [1.82, 2.24) is 0 Å². The lowest BCUT2D eigenvalue weighted by molar-refractivity contribution is 0.195. The predicted molar refractivity (Wildman–Crippen MR) is 72.8 cm³/mol. The van der Waals surface area contributed by atoms with Crippen LogP contribution < -0.4 is 10.0 Å². The van der Waals surface area contributed by atoms with E-state index >= 15 is 0 Å². The standard InChI is InChI=1S/C11H15ClN2O3S/c1-18(15,16)14-8-2-3-10(12)11(6-8)13-9-4-5-17-7-9/h2-3,6,9,13-14H,4-5,7H2,1H3. The Labute approximate surface area is 112 Å². The lowest BCUT2D eigenvalue weighted by Crippen LogP contribution is -2.19. The number of rotatable bonds is 4. The molecule has 2 rings (SSSR count). The zero-order chi connectivity index (χ0) is 13.2. The van der Waals surface area contributed by atoms with Gasteiger partial charge in [-0.05, 0) is 24.6 Å². The highest BCUT2D eigenvalue weighted by atomic mass is 35.5. The number of benzene rings is 1. The van der Waals surface area contributed by atoms with Crippen molar-refractivity contribution in [2.75, 3.05) is 29.5 Å². The summed E-state index contributed by atoms with van der Waals surface area (Å²) in [4.78, 5) is 0. The lowest BCUT2D eigenvalue weighted by atomic mass is 10.2. The highest BCUT2D eigenvalue weighted by Gasteiger charge is 2.16. The number of halogens is 1. The summed E-state index contributed by atoms with van der Waals surface area (Å²) in [6.07, 6.45) is 2.03. The summed E-state index contributed by atoms with van der Waals surface area (Å²) < 4.78 is 30.0. The van der Waals surface area contributed by atoms with Crippen LogP contribution in [0.25, 0.3) is 0 Å². The van der Waals surface area contributed by atoms with Gasteiger partial charge in [0.2, 0.25) is 10.0 Å². The monoisotopic (exact) mass is 290 g/mol. The number of sulfonamides is 1. The molecule has 0 bridgehead atoms. The molecule has 0 aliphatic carbocycles. The van der Waals surface area contributed by atoms with Crippen molar-refractivity contribution in [1.29, 1.82) is 0 Å². The van der Waals surface area contributed by atoms with Crippen molar-refractivity contribution in [3.63, 3.8) is 0 Å². The molecular weight excluding hydrogens is 276 g/mol. The van der Waals surface area contributed by atoms with Gasteiger partial charge in [-0.25, -0.2) is 8.42 Å². The summed E-state index contributed by atoms with van der Waals surface area (Å²) in [6, 6.07) is 5.19. The molecule has 18 heavy (non-hydrogen) atoms. The fourth-order valence-corrected chi connectivity index (χ4v) is 2.51. The van der Waals surface area contributed by atoms with Crippen LogP contribution in [0, 0.1) is 0 Å². The molecule has 1 aromatic carbocycles. The van der Waals surface area contributed by atoms with Gasteiger partial charge in [-0.3, -0.25) is 4.72 Å². The molecule has 0 saturated carbocycles. The molecule has 0 amide bonds. The van der Waals surface area contributed by atoms with Crippen molar-refractivity contribution >= 4 is 33.0 Å². The zero-order valence-electron chi connectivity index (χ0n) is 9.94. The van der Waals surface area contributed by atoms with Crippen molar-refractivity contribution in [2.45, 2.75) is 12.5 Å². The van der Waals surface area contributed by atoms with Crippen LogP contribution in [0.5, 0.6) is 0 Å². The fraction of sp³-hybridized carbons (Fsp3) is 0.455. The van der Waals surface area contributed by atoms with Crippen molar-refractivity contribution in [3.8, 4) is 0 Å². The van der Waals surface area contributed by atoms with E-state index in [9.17, 15) is 8.42 Å². The van der Waals surface area contributed by atoms with Gasteiger partial charge in [0.25, 0.3) is 0 Å². The third-order valence-corrected chi connectivity index (χ3v) is 3.50. The normalized spacial score (nSPS) is 19.8. The van der Waals surface area contributed by atoms with Gasteiger partial charge in [-0.1, -0.05) is 11.6 Å². The van der Waals surface area contributed by atoms with Gasteiger partial charge in [-0.15, -0.1) is 0 Å². The number of hydrogen-bond donors (Lipinski definition) is 2. The van der Waals surface area contributed by atoms with Crippen LogP contribution in [0.1, 0.15) is 6.42 Å². The van der Waals surface area contributed by atoms with Gasteiger partial charge in [0, 0.05) is 6.61 Å². The van der Waals surface area contributed by atoms with E-state index in [1.807, 2.05) is 0 Å². The Hall–Kier alpha value is -0.980. The van der Waals surface area contributed by atoms with Crippen LogP contribution in [-0.2, 0) is 14.8 Å². The van der Waals surface area contributed by atoms with E-state index in [0.29, 0.717) is 23.0 Å². The minimum absolute atomic E-state index is 0.219. The first-order chi connectivity index (χ1) is 8.44. The zero-order valence-corrected chi connectivity index (χ0v) is 11.5. The highest BCUT2D eigenvalue weighted by molar-refractivity contribution is 7.92. The second-order valence-electron chi connectivity index (χ2n) is 4.27. The maximum atomic E-state index is 11.2. The Balaban J connectivity index is 2.15. The molecule has 0 aromatic heterocycles. The molecule has 5 nitrogen and oxygen atoms in total. The van der Waals surface area contributed by atoms with E-state index in [0.717, 1.165) is 19.3 Å². The fourth-order valence-electron chi connectivity index (χ4n) is 1.78. The number of nitrogens with one attached hydrogen (secondary N) is 2. The summed E-state index contributed by atoms with van der Waals surface area (Å²) in [5.41, 5.74) is 1.20. The molecule has 1 atom stereocenters. The number of ether oxygens (including phenoxy) is 1. The van der Waals surface area contributed by atoms with E-state index in [1.54, 1.807) is 18.2 Å². The van der Waals surface area contributed by atoms with E-state index in [1.165, 1.54) is 0 Å². The molecule has 0 radical (unpaired) electrons. The van der Waals surface area contributed by atoms with E-state index in [-0.39, 0.29) is 6.04 Å². The van der Waals surface area contributed by atoms with Gasteiger partial charge in [-0.2, -0.15) is 0 Å². The molecule has 1 aliphatic heterocycles. The van der Waals surface area contributed by atoms with E-state index in [2.05, 4.69) is 10.0 Å². The molecule has 2 N–H and O–H groups in total. The topological polar surface area (TPSA) is 67.4 Å². The summed E-state index contributed by atoms with van der Waals surface area (Å²) in [7, 11) is -3.28. The second-order valence-corrected chi connectivity index (χ2v) is 6.43. The largest absolute Gasteiger partial charge is 0.379 e. The first kappa shape index (κ1) is 13.5. The minimum Gasteiger partial charge on any atom is -0.379 e. The van der Waals surface area contributed by atoms with Crippen LogP contribution in [0.3, 0.4) is 0 Å². The Morgan fingerprint density at radius 3 is 2.83 bits per heavy atom. The Kier molecular flexibility index (Phi) is 3.99. The highest BCUT2D eigenvalue weighted by Crippen LogP contribution is 2.27. The third kappa shape index (κ3) is 3.76. The molecule has 7 heteroatoms. The van der Waals surface area contributed by atoms with Crippen LogP contribution in [0.4, 0.5) is 11.4 Å². The first-order valence-corrected chi connectivity index (χ1v) is 7.82. The van der Waals surface area contributed by atoms with Crippen LogP contribution in [-0.4, -0.2) is 33.9 Å². The first-order valence-electron chi connectivity index (χ1n) is 5.56. The van der Waals surface area contributed by atoms with Crippen LogP contribution in [0.2, 0.25) is 5.02 Å². The van der Waals surface area contributed by atoms with Crippen LogP contribution in [0.15, 0.2) is 18.2 Å². The maximum absolute atomic E-state index is 11.2. The summed E-state index contributed by atoms with van der Waals surface area (Å²) in [5.74, 6) is 0. The predicted octanol–water partition coefficient (Wildman–Crippen LogP) is 1.91. The smallest absolute Gasteiger partial charge is 0.229 e. The lowest BCUT2D eigenvalue weighted by Gasteiger charge is -2.15. The Bertz CT molecular complexity index is 527. The molecule has 1 fully saturated rings. The average molecular weight is 291 g/mol. The summed E-state index contributed by atoms with van der Waals surface area (Å²) in [6.45, 7) is 1.37. The Morgan fingerprint density at radius 2 is 2.22 bits per heavy atom. The molecule has 1 heterocycles. The maximum Gasteiger partial charge on any atom is 0.229 e. The van der Waals surface area contributed by atoms with Gasteiger partial charge >= 0.3 is 0 Å². The minimum atomic E-state index is -3.28. The van der Waals surface area contributed by atoms with Crippen molar-refractivity contribution in [2.24, 2.45) is 0 Å². The molecule has 1 saturated heterocycles. The molecule has 100 valence electrons. The van der Waals surface area contributed by atoms with E-state index in [4.69, 9.17) is 16.3 Å².